The van der Waals surface area contributed by atoms with Crippen LogP contribution in [-0.2, 0) is 4.74 Å². The first kappa shape index (κ1) is 12.1. The fourth-order valence-corrected chi connectivity index (χ4v) is 1.19. The first-order valence-electron chi connectivity index (χ1n) is 5.26. The molecule has 84 valence electrons. The van der Waals surface area contributed by atoms with E-state index in [4.69, 9.17) is 10.5 Å². The van der Waals surface area contributed by atoms with E-state index >= 15 is 0 Å². The first-order valence-corrected chi connectivity index (χ1v) is 5.26. The number of nitrogens with two attached hydrogens (primary N) is 1. The van der Waals surface area contributed by atoms with E-state index in [1.165, 1.54) is 12.1 Å². The van der Waals surface area contributed by atoms with Crippen molar-refractivity contribution in [3.8, 4) is 0 Å². The van der Waals surface area contributed by atoms with Crippen molar-refractivity contribution in [1.82, 2.24) is 0 Å². The Morgan fingerprint density at radius 3 is 2.47 bits per heavy atom. The molecule has 0 amide bonds. The molecule has 0 aliphatic rings. The molecule has 15 heavy (non-hydrogen) atoms. The molecule has 0 aliphatic heterocycles. The molecule has 0 spiro atoms. The molecule has 0 fully saturated rings. The molecular formula is C12H18FNO. The number of hydrogen-bond donors (Lipinski definition) is 1. The van der Waals surface area contributed by atoms with Crippen LogP contribution < -0.4 is 5.73 Å². The monoisotopic (exact) mass is 211 g/mol. The quantitative estimate of drug-likeness (QED) is 0.812. The summed E-state index contributed by atoms with van der Waals surface area (Å²) in [6.07, 6.45) is 1.19. The van der Waals surface area contributed by atoms with E-state index < -0.39 is 0 Å². The third kappa shape index (κ3) is 3.98. The molecule has 2 unspecified atom stereocenters. The highest BCUT2D eigenvalue weighted by Crippen LogP contribution is 2.12. The summed E-state index contributed by atoms with van der Waals surface area (Å²) in [6, 6.07) is 6.04. The molecule has 0 aliphatic carbocycles. The van der Waals surface area contributed by atoms with Crippen LogP contribution >= 0.6 is 0 Å². The van der Waals surface area contributed by atoms with Gasteiger partial charge in [-0.2, -0.15) is 0 Å². The van der Waals surface area contributed by atoms with E-state index in [-0.39, 0.29) is 18.0 Å². The molecule has 0 bridgehead atoms. The maximum absolute atomic E-state index is 12.6. The highest BCUT2D eigenvalue weighted by Gasteiger charge is 2.08. The van der Waals surface area contributed by atoms with Crippen molar-refractivity contribution in [3.63, 3.8) is 0 Å². The molecule has 2 atom stereocenters. The maximum Gasteiger partial charge on any atom is 0.123 e. The summed E-state index contributed by atoms with van der Waals surface area (Å²) in [5, 5.41) is 0. The zero-order valence-corrected chi connectivity index (χ0v) is 9.24. The summed E-state index contributed by atoms with van der Waals surface area (Å²) in [4.78, 5) is 0. The molecule has 1 rings (SSSR count). The average molecular weight is 211 g/mol. The van der Waals surface area contributed by atoms with Gasteiger partial charge in [-0.1, -0.05) is 19.1 Å². The Morgan fingerprint density at radius 1 is 1.33 bits per heavy atom. The molecule has 1 aromatic carbocycles. The van der Waals surface area contributed by atoms with E-state index in [1.807, 2.05) is 6.92 Å². The highest BCUT2D eigenvalue weighted by atomic mass is 19.1. The Kier molecular flexibility index (Phi) is 4.72. The van der Waals surface area contributed by atoms with Crippen molar-refractivity contribution in [2.75, 3.05) is 6.61 Å². The maximum atomic E-state index is 12.6. The van der Waals surface area contributed by atoms with Crippen LogP contribution in [0.25, 0.3) is 0 Å². The fraction of sp³-hybridized carbons (Fsp3) is 0.500. The van der Waals surface area contributed by atoms with Gasteiger partial charge in [-0.25, -0.2) is 4.39 Å². The van der Waals surface area contributed by atoms with Gasteiger partial charge < -0.3 is 10.5 Å². The largest absolute Gasteiger partial charge is 0.377 e. The van der Waals surface area contributed by atoms with Gasteiger partial charge in [0.2, 0.25) is 0 Å². The third-order valence-corrected chi connectivity index (χ3v) is 2.43. The first-order chi connectivity index (χ1) is 7.13. The standard InChI is InChI=1S/C12H18FNO/c1-3-9(2)15-8-12(14)10-4-6-11(13)7-5-10/h4-7,9,12H,3,8,14H2,1-2H3. The molecule has 2 N–H and O–H groups in total. The Hall–Kier alpha value is -0.930. The second kappa shape index (κ2) is 5.83. The van der Waals surface area contributed by atoms with Crippen LogP contribution in [0.5, 0.6) is 0 Å². The molecule has 3 heteroatoms. The summed E-state index contributed by atoms with van der Waals surface area (Å²) in [5.74, 6) is -0.242. The molecule has 2 nitrogen and oxygen atoms in total. The second-order valence-corrected chi connectivity index (χ2v) is 3.71. The average Bonchev–Trinajstić information content (AvgIpc) is 2.26. The van der Waals surface area contributed by atoms with Crippen molar-refractivity contribution in [3.05, 3.63) is 35.6 Å². The normalized spacial score (nSPS) is 14.9. The van der Waals surface area contributed by atoms with Gasteiger partial charge in [0.05, 0.1) is 18.8 Å². The Labute approximate surface area is 90.2 Å². The Balaban J connectivity index is 2.46. The lowest BCUT2D eigenvalue weighted by Gasteiger charge is -2.16. The molecule has 1 aromatic rings. The van der Waals surface area contributed by atoms with Crippen LogP contribution in [0, 0.1) is 5.82 Å². The van der Waals surface area contributed by atoms with Gasteiger partial charge >= 0.3 is 0 Å². The molecule has 0 saturated carbocycles. The van der Waals surface area contributed by atoms with Gasteiger partial charge in [-0.15, -0.1) is 0 Å². The summed E-state index contributed by atoms with van der Waals surface area (Å²) in [5.41, 5.74) is 6.80. The number of ether oxygens (including phenoxy) is 1. The lowest BCUT2D eigenvalue weighted by molar-refractivity contribution is 0.0539. The number of hydrogen-bond acceptors (Lipinski definition) is 2. The summed E-state index contributed by atoms with van der Waals surface area (Å²) >= 11 is 0. The van der Waals surface area contributed by atoms with Crippen LogP contribution in [0.2, 0.25) is 0 Å². The van der Waals surface area contributed by atoms with Gasteiger partial charge in [0.1, 0.15) is 5.82 Å². The predicted octanol–water partition coefficient (Wildman–Crippen LogP) is 2.64. The topological polar surface area (TPSA) is 35.2 Å². The lowest BCUT2D eigenvalue weighted by atomic mass is 10.1. The van der Waals surface area contributed by atoms with Crippen LogP contribution in [-0.4, -0.2) is 12.7 Å². The van der Waals surface area contributed by atoms with Crippen molar-refractivity contribution in [2.45, 2.75) is 32.4 Å². The van der Waals surface area contributed by atoms with E-state index in [1.54, 1.807) is 12.1 Å². The zero-order valence-electron chi connectivity index (χ0n) is 9.24. The smallest absolute Gasteiger partial charge is 0.123 e. The third-order valence-electron chi connectivity index (χ3n) is 2.43. The van der Waals surface area contributed by atoms with Crippen LogP contribution in [0.4, 0.5) is 4.39 Å². The minimum atomic E-state index is -0.242. The van der Waals surface area contributed by atoms with Crippen molar-refractivity contribution >= 4 is 0 Å². The summed E-state index contributed by atoms with van der Waals surface area (Å²) in [7, 11) is 0. The molecular weight excluding hydrogens is 193 g/mol. The lowest BCUT2D eigenvalue weighted by Crippen LogP contribution is -2.20. The van der Waals surface area contributed by atoms with Crippen molar-refractivity contribution in [2.24, 2.45) is 5.73 Å². The van der Waals surface area contributed by atoms with Gasteiger partial charge in [0, 0.05) is 0 Å². The van der Waals surface area contributed by atoms with Crippen LogP contribution in [0.3, 0.4) is 0 Å². The fourth-order valence-electron chi connectivity index (χ4n) is 1.19. The minimum absolute atomic E-state index is 0.181. The van der Waals surface area contributed by atoms with E-state index in [0.29, 0.717) is 6.61 Å². The SMILES string of the molecule is CCC(C)OCC(N)c1ccc(F)cc1. The molecule has 0 aromatic heterocycles. The summed E-state index contributed by atoms with van der Waals surface area (Å²) < 4.78 is 18.2. The van der Waals surface area contributed by atoms with Crippen LogP contribution in [0.1, 0.15) is 31.9 Å². The second-order valence-electron chi connectivity index (χ2n) is 3.71. The zero-order chi connectivity index (χ0) is 11.3. The van der Waals surface area contributed by atoms with Gasteiger partial charge in [-0.05, 0) is 31.0 Å². The number of halogens is 1. The summed E-state index contributed by atoms with van der Waals surface area (Å²) in [6.45, 7) is 4.55. The molecule has 0 heterocycles. The highest BCUT2D eigenvalue weighted by molar-refractivity contribution is 5.19. The predicted molar refractivity (Wildman–Crippen MR) is 59.0 cm³/mol. The Bertz CT molecular complexity index is 286. The van der Waals surface area contributed by atoms with E-state index in [0.717, 1.165) is 12.0 Å². The molecule has 0 saturated heterocycles. The minimum Gasteiger partial charge on any atom is -0.377 e. The van der Waals surface area contributed by atoms with Crippen molar-refractivity contribution in [1.29, 1.82) is 0 Å². The van der Waals surface area contributed by atoms with E-state index in [2.05, 4.69) is 6.92 Å². The van der Waals surface area contributed by atoms with Gasteiger partial charge in [0.15, 0.2) is 0 Å². The number of benzene rings is 1. The Morgan fingerprint density at radius 2 is 1.93 bits per heavy atom. The molecule has 0 radical (unpaired) electrons. The van der Waals surface area contributed by atoms with Crippen molar-refractivity contribution < 1.29 is 9.13 Å². The van der Waals surface area contributed by atoms with Gasteiger partial charge in [-0.3, -0.25) is 0 Å². The van der Waals surface area contributed by atoms with Crippen LogP contribution in [0.15, 0.2) is 24.3 Å². The number of rotatable bonds is 5. The van der Waals surface area contributed by atoms with Gasteiger partial charge in [0.25, 0.3) is 0 Å². The van der Waals surface area contributed by atoms with E-state index in [9.17, 15) is 4.39 Å².